The number of nitrogens with one attached hydrogen (secondary N) is 1. The van der Waals surface area contributed by atoms with Crippen molar-refractivity contribution in [2.24, 2.45) is 5.92 Å². The van der Waals surface area contributed by atoms with Crippen LogP contribution in [-0.2, 0) is 10.0 Å². The van der Waals surface area contributed by atoms with Gasteiger partial charge in [-0.3, -0.25) is 14.1 Å². The average molecular weight is 445 g/mol. The van der Waals surface area contributed by atoms with Crippen molar-refractivity contribution in [1.29, 1.82) is 0 Å². The number of aromatic nitrogens is 3. The number of hydrogen-bond acceptors (Lipinski definition) is 8. The summed E-state index contributed by atoms with van der Waals surface area (Å²) in [5.74, 6) is 1.40. The van der Waals surface area contributed by atoms with Gasteiger partial charge in [-0.1, -0.05) is 48.3 Å². The topological polar surface area (TPSA) is 94.0 Å². The zero-order valence-corrected chi connectivity index (χ0v) is 18.6. The second-order valence-corrected chi connectivity index (χ2v) is 11.6. The Hall–Kier alpha value is -1.43. The Bertz CT molecular complexity index is 1110. The molecule has 0 aliphatic heterocycles. The quantitative estimate of drug-likeness (QED) is 0.553. The minimum atomic E-state index is -3.80. The Kier molecular flexibility index (Phi) is 5.94. The van der Waals surface area contributed by atoms with Gasteiger partial charge in [-0.05, 0) is 38.0 Å². The Balaban J connectivity index is 1.86. The van der Waals surface area contributed by atoms with Crippen molar-refractivity contribution in [3.8, 4) is 0 Å². The highest BCUT2D eigenvalue weighted by Crippen LogP contribution is 2.29. The van der Waals surface area contributed by atoms with E-state index >= 15 is 0 Å². The predicted molar refractivity (Wildman–Crippen MR) is 113 cm³/mol. The van der Waals surface area contributed by atoms with E-state index in [1.165, 1.54) is 23.5 Å². The molecule has 3 aromatic rings. The second kappa shape index (κ2) is 7.90. The van der Waals surface area contributed by atoms with E-state index in [1.54, 1.807) is 22.4 Å². The summed E-state index contributed by atoms with van der Waals surface area (Å²) < 4.78 is 30.9. The van der Waals surface area contributed by atoms with E-state index in [2.05, 4.69) is 28.8 Å². The van der Waals surface area contributed by atoms with Gasteiger partial charge in [0.25, 0.3) is 10.0 Å². The monoisotopic (exact) mass is 444 g/mol. The molecule has 1 N–H and O–H groups in total. The van der Waals surface area contributed by atoms with Crippen LogP contribution >= 0.6 is 34.4 Å². The standard InChI is InChI=1S/C16H20N4O3S4/c1-9(2)8-24-15-18-17-14(26-15)19-27(22,23)11-5-6-12-13(7-11)25-16(21)20(12)10(3)4/h5-7,9-10H,8H2,1-4H3,(H,17,19). The van der Waals surface area contributed by atoms with E-state index < -0.39 is 10.0 Å². The lowest BCUT2D eigenvalue weighted by Crippen LogP contribution is -2.15. The molecule has 146 valence electrons. The van der Waals surface area contributed by atoms with E-state index in [4.69, 9.17) is 0 Å². The van der Waals surface area contributed by atoms with Gasteiger partial charge in [0, 0.05) is 11.8 Å². The van der Waals surface area contributed by atoms with Crippen molar-refractivity contribution in [3.05, 3.63) is 27.9 Å². The lowest BCUT2D eigenvalue weighted by Gasteiger charge is -2.08. The molecule has 7 nitrogen and oxygen atoms in total. The van der Waals surface area contributed by atoms with Crippen LogP contribution in [-0.4, -0.2) is 28.9 Å². The molecule has 3 rings (SSSR count). The van der Waals surface area contributed by atoms with Gasteiger partial charge in [0.05, 0.1) is 15.1 Å². The molecule has 1 aromatic carbocycles. The molecule has 0 bridgehead atoms. The number of thioether (sulfide) groups is 1. The van der Waals surface area contributed by atoms with Gasteiger partial charge in [0.15, 0.2) is 4.34 Å². The molecule has 0 amide bonds. The van der Waals surface area contributed by atoms with Crippen LogP contribution in [0.3, 0.4) is 0 Å². The van der Waals surface area contributed by atoms with Crippen molar-refractivity contribution in [1.82, 2.24) is 14.8 Å². The maximum Gasteiger partial charge on any atom is 0.308 e. The highest BCUT2D eigenvalue weighted by Gasteiger charge is 2.19. The molecule has 0 saturated carbocycles. The van der Waals surface area contributed by atoms with Crippen LogP contribution in [0.5, 0.6) is 0 Å². The van der Waals surface area contributed by atoms with Gasteiger partial charge < -0.3 is 0 Å². The summed E-state index contributed by atoms with van der Waals surface area (Å²) in [5, 5.41) is 8.16. The molecule has 0 unspecified atom stereocenters. The van der Waals surface area contributed by atoms with Crippen molar-refractivity contribution >= 4 is 59.8 Å². The first-order valence-corrected chi connectivity index (χ1v) is 12.4. The summed E-state index contributed by atoms with van der Waals surface area (Å²) in [7, 11) is -3.80. The lowest BCUT2D eigenvalue weighted by molar-refractivity contribution is 0.601. The SMILES string of the molecule is CC(C)CSc1nnc(NS(=O)(=O)c2ccc3c(c2)sc(=O)n3C(C)C)s1. The summed E-state index contributed by atoms with van der Waals surface area (Å²) in [6.07, 6.45) is 0. The van der Waals surface area contributed by atoms with Crippen molar-refractivity contribution in [2.45, 2.75) is 43.0 Å². The van der Waals surface area contributed by atoms with Crippen molar-refractivity contribution in [3.63, 3.8) is 0 Å². The van der Waals surface area contributed by atoms with Gasteiger partial charge >= 0.3 is 4.87 Å². The summed E-state index contributed by atoms with van der Waals surface area (Å²) in [6, 6.07) is 4.71. The number of fused-ring (bicyclic) bond motifs is 1. The Morgan fingerprint density at radius 3 is 2.59 bits per heavy atom. The molecule has 0 atom stereocenters. The van der Waals surface area contributed by atoms with Crippen LogP contribution in [0.4, 0.5) is 5.13 Å². The van der Waals surface area contributed by atoms with E-state index in [9.17, 15) is 13.2 Å². The predicted octanol–water partition coefficient (Wildman–Crippen LogP) is 4.04. The number of anilines is 1. The number of sulfonamides is 1. The highest BCUT2D eigenvalue weighted by atomic mass is 32.2. The molecule has 0 radical (unpaired) electrons. The molecule has 0 fully saturated rings. The third-order valence-electron chi connectivity index (χ3n) is 3.58. The van der Waals surface area contributed by atoms with Crippen LogP contribution in [0.1, 0.15) is 33.7 Å². The molecule has 27 heavy (non-hydrogen) atoms. The highest BCUT2D eigenvalue weighted by molar-refractivity contribution is 8.01. The first-order chi connectivity index (χ1) is 12.7. The molecule has 11 heteroatoms. The molecule has 2 heterocycles. The summed E-state index contributed by atoms with van der Waals surface area (Å²) >= 11 is 3.81. The van der Waals surface area contributed by atoms with Crippen LogP contribution in [0.15, 0.2) is 32.2 Å². The minimum absolute atomic E-state index is 0.00925. The minimum Gasteiger partial charge on any atom is -0.296 e. The number of benzene rings is 1. The molecular weight excluding hydrogens is 424 g/mol. The van der Waals surface area contributed by atoms with Gasteiger partial charge in [0.2, 0.25) is 5.13 Å². The maximum absolute atomic E-state index is 12.7. The van der Waals surface area contributed by atoms with E-state index in [-0.39, 0.29) is 20.9 Å². The first kappa shape index (κ1) is 20.3. The lowest BCUT2D eigenvalue weighted by atomic mass is 10.3. The molecule has 0 aliphatic rings. The summed E-state index contributed by atoms with van der Waals surface area (Å²) in [6.45, 7) is 8.05. The number of thiazole rings is 1. The molecular formula is C16H20N4O3S4. The summed E-state index contributed by atoms with van der Waals surface area (Å²) in [4.78, 5) is 12.1. The number of rotatable bonds is 7. The van der Waals surface area contributed by atoms with E-state index in [1.807, 2.05) is 13.8 Å². The van der Waals surface area contributed by atoms with E-state index in [0.29, 0.717) is 10.6 Å². The van der Waals surface area contributed by atoms with Crippen LogP contribution in [0.2, 0.25) is 0 Å². The fourth-order valence-electron chi connectivity index (χ4n) is 2.39. The van der Waals surface area contributed by atoms with Gasteiger partial charge in [-0.25, -0.2) is 8.42 Å². The Morgan fingerprint density at radius 1 is 1.19 bits per heavy atom. The van der Waals surface area contributed by atoms with Gasteiger partial charge in [0.1, 0.15) is 0 Å². The zero-order chi connectivity index (χ0) is 19.8. The fourth-order valence-corrected chi connectivity index (χ4v) is 6.51. The third kappa shape index (κ3) is 4.53. The zero-order valence-electron chi connectivity index (χ0n) is 15.3. The maximum atomic E-state index is 12.7. The molecule has 2 aromatic heterocycles. The summed E-state index contributed by atoms with van der Waals surface area (Å²) in [5.41, 5.74) is 0.738. The number of nitrogens with zero attached hydrogens (tertiary/aromatic N) is 3. The van der Waals surface area contributed by atoms with Crippen molar-refractivity contribution < 1.29 is 8.42 Å². The molecule has 0 saturated heterocycles. The van der Waals surface area contributed by atoms with Gasteiger partial charge in [-0.2, -0.15) is 0 Å². The van der Waals surface area contributed by atoms with Crippen LogP contribution < -0.4 is 9.60 Å². The smallest absolute Gasteiger partial charge is 0.296 e. The fraction of sp³-hybridized carbons (Fsp3) is 0.438. The Labute approximate surface area is 169 Å². The number of hydrogen-bond donors (Lipinski definition) is 1. The second-order valence-electron chi connectivity index (χ2n) is 6.64. The Morgan fingerprint density at radius 2 is 1.93 bits per heavy atom. The molecule has 0 spiro atoms. The van der Waals surface area contributed by atoms with Gasteiger partial charge in [-0.15, -0.1) is 10.2 Å². The van der Waals surface area contributed by atoms with E-state index in [0.717, 1.165) is 26.9 Å². The molecule has 0 aliphatic carbocycles. The van der Waals surface area contributed by atoms with Crippen LogP contribution in [0, 0.1) is 5.92 Å². The first-order valence-electron chi connectivity index (χ1n) is 8.31. The largest absolute Gasteiger partial charge is 0.308 e. The average Bonchev–Trinajstić information content (AvgIpc) is 3.14. The van der Waals surface area contributed by atoms with Crippen LogP contribution in [0.25, 0.3) is 10.2 Å². The normalized spacial score (nSPS) is 12.4. The van der Waals surface area contributed by atoms with Crippen molar-refractivity contribution in [2.75, 3.05) is 10.5 Å². The third-order valence-corrected chi connectivity index (χ3v) is 8.36.